The number of hydrogen-bond donors (Lipinski definition) is 0. The molecule has 1 amide bonds. The third-order valence-corrected chi connectivity index (χ3v) is 4.36. The van der Waals surface area contributed by atoms with Gasteiger partial charge in [0.25, 0.3) is 0 Å². The van der Waals surface area contributed by atoms with E-state index in [0.717, 1.165) is 0 Å². The minimum Gasteiger partial charge on any atom is -0.468 e. The normalized spacial score (nSPS) is 28.7. The van der Waals surface area contributed by atoms with E-state index in [1.165, 1.54) is 19.1 Å². The first-order chi connectivity index (χ1) is 10.5. The fraction of sp³-hybridized carbons (Fsp3) is 0.400. The Bertz CT molecular complexity index is 672. The minimum absolute atomic E-state index is 0.559. The van der Waals surface area contributed by atoms with Crippen LogP contribution in [0.1, 0.15) is 12.5 Å². The average Bonchev–Trinajstić information content (AvgIpc) is 2.92. The number of ether oxygens (including phenoxy) is 3. The van der Waals surface area contributed by atoms with Gasteiger partial charge in [-0.25, -0.2) is 9.69 Å². The van der Waals surface area contributed by atoms with Crippen LogP contribution in [0.2, 0.25) is 0 Å². The zero-order valence-corrected chi connectivity index (χ0v) is 12.4. The van der Waals surface area contributed by atoms with E-state index in [4.69, 9.17) is 14.2 Å². The molecule has 0 aromatic heterocycles. The standard InChI is InChI=1S/C15H15NO6/c1-15-8-6-4-5-7-9(8)16(14(19)21-3)13(15)22-12(18)10(15)11(17)20-2/h4-7,10,13H,1-3H3/t10-,13-,15+/m1/s1. The first kappa shape index (κ1) is 14.4. The summed E-state index contributed by atoms with van der Waals surface area (Å²) in [5, 5.41) is 0. The molecule has 7 nitrogen and oxygen atoms in total. The van der Waals surface area contributed by atoms with E-state index in [1.54, 1.807) is 31.2 Å². The molecule has 7 heteroatoms. The van der Waals surface area contributed by atoms with Gasteiger partial charge in [-0.2, -0.15) is 0 Å². The molecule has 0 aliphatic carbocycles. The number of anilines is 1. The second-order valence-corrected chi connectivity index (χ2v) is 5.39. The van der Waals surface area contributed by atoms with E-state index in [0.29, 0.717) is 11.3 Å². The van der Waals surface area contributed by atoms with Crippen molar-refractivity contribution in [3.05, 3.63) is 29.8 Å². The number of carbonyl (C=O) groups is 3. The van der Waals surface area contributed by atoms with Gasteiger partial charge in [-0.15, -0.1) is 0 Å². The van der Waals surface area contributed by atoms with Crippen molar-refractivity contribution in [1.82, 2.24) is 0 Å². The van der Waals surface area contributed by atoms with E-state index >= 15 is 0 Å². The van der Waals surface area contributed by atoms with Crippen LogP contribution in [0.5, 0.6) is 0 Å². The molecule has 0 bridgehead atoms. The van der Waals surface area contributed by atoms with Crippen LogP contribution in [0, 0.1) is 5.92 Å². The number of hydrogen-bond acceptors (Lipinski definition) is 6. The lowest BCUT2D eigenvalue weighted by Crippen LogP contribution is -2.47. The Labute approximate surface area is 126 Å². The summed E-state index contributed by atoms with van der Waals surface area (Å²) >= 11 is 0. The lowest BCUT2D eigenvalue weighted by Gasteiger charge is -2.27. The summed E-state index contributed by atoms with van der Waals surface area (Å²) in [6, 6.07) is 7.02. The molecule has 1 fully saturated rings. The highest BCUT2D eigenvalue weighted by atomic mass is 16.6. The second-order valence-electron chi connectivity index (χ2n) is 5.39. The minimum atomic E-state index is -1.13. The Morgan fingerprint density at radius 3 is 2.55 bits per heavy atom. The third-order valence-electron chi connectivity index (χ3n) is 4.36. The molecule has 3 atom stereocenters. The van der Waals surface area contributed by atoms with Crippen LogP contribution in [-0.4, -0.2) is 38.5 Å². The van der Waals surface area contributed by atoms with Crippen LogP contribution in [0.25, 0.3) is 0 Å². The van der Waals surface area contributed by atoms with E-state index in [9.17, 15) is 14.4 Å². The van der Waals surface area contributed by atoms with Crippen molar-refractivity contribution < 1.29 is 28.6 Å². The molecule has 1 aromatic rings. The number of benzene rings is 1. The molecule has 22 heavy (non-hydrogen) atoms. The summed E-state index contributed by atoms with van der Waals surface area (Å²) in [6.45, 7) is 1.71. The Morgan fingerprint density at radius 1 is 1.23 bits per heavy atom. The summed E-state index contributed by atoms with van der Waals surface area (Å²) in [6.07, 6.45) is -1.59. The van der Waals surface area contributed by atoms with Gasteiger partial charge in [-0.05, 0) is 18.6 Å². The number of rotatable bonds is 1. The fourth-order valence-corrected chi connectivity index (χ4v) is 3.31. The van der Waals surface area contributed by atoms with Gasteiger partial charge in [0.15, 0.2) is 12.1 Å². The predicted octanol–water partition coefficient (Wildman–Crippen LogP) is 1.20. The summed E-state index contributed by atoms with van der Waals surface area (Å²) in [4.78, 5) is 37.6. The van der Waals surface area contributed by atoms with Crippen molar-refractivity contribution >= 4 is 23.7 Å². The van der Waals surface area contributed by atoms with Crippen molar-refractivity contribution in [2.45, 2.75) is 18.6 Å². The molecular formula is C15H15NO6. The highest BCUT2D eigenvalue weighted by Gasteiger charge is 2.66. The molecule has 116 valence electrons. The van der Waals surface area contributed by atoms with Crippen LogP contribution in [0.3, 0.4) is 0 Å². The first-order valence-electron chi connectivity index (χ1n) is 6.71. The third kappa shape index (κ3) is 1.59. The van der Waals surface area contributed by atoms with Crippen LogP contribution in [0.15, 0.2) is 24.3 Å². The second kappa shape index (κ2) is 4.72. The molecule has 2 aliphatic heterocycles. The number of fused-ring (bicyclic) bond motifs is 3. The molecule has 1 aromatic carbocycles. The van der Waals surface area contributed by atoms with Crippen LogP contribution >= 0.6 is 0 Å². The summed E-state index contributed by atoms with van der Waals surface area (Å²) in [5.41, 5.74) is 0.213. The van der Waals surface area contributed by atoms with Gasteiger partial charge in [0.05, 0.1) is 25.3 Å². The van der Waals surface area contributed by atoms with E-state index in [-0.39, 0.29) is 0 Å². The molecule has 3 rings (SSSR count). The van der Waals surface area contributed by atoms with Crippen molar-refractivity contribution in [3.8, 4) is 0 Å². The highest BCUT2D eigenvalue weighted by molar-refractivity contribution is 6.03. The molecule has 0 N–H and O–H groups in total. The number of carbonyl (C=O) groups excluding carboxylic acids is 3. The molecule has 1 saturated heterocycles. The predicted molar refractivity (Wildman–Crippen MR) is 74.1 cm³/mol. The summed E-state index contributed by atoms with van der Waals surface area (Å²) < 4.78 is 14.8. The topological polar surface area (TPSA) is 82.1 Å². The maximum absolute atomic E-state index is 12.2. The smallest absolute Gasteiger partial charge is 0.417 e. The quantitative estimate of drug-likeness (QED) is 0.440. The molecule has 0 radical (unpaired) electrons. The van der Waals surface area contributed by atoms with Gasteiger partial charge >= 0.3 is 18.0 Å². The Balaban J connectivity index is 2.20. The average molecular weight is 305 g/mol. The van der Waals surface area contributed by atoms with E-state index in [1.807, 2.05) is 0 Å². The number of esters is 2. The van der Waals surface area contributed by atoms with Gasteiger partial charge in [-0.1, -0.05) is 18.2 Å². The van der Waals surface area contributed by atoms with Gasteiger partial charge < -0.3 is 14.2 Å². The molecule has 2 heterocycles. The largest absolute Gasteiger partial charge is 0.468 e. The molecule has 2 aliphatic rings. The van der Waals surface area contributed by atoms with E-state index in [2.05, 4.69) is 0 Å². The molecule has 0 spiro atoms. The SMILES string of the molecule is COC(=O)[C@@H]1C(=O)O[C@H]2N(C(=O)OC)c3ccccc3[C@@]12C. The van der Waals surface area contributed by atoms with Crippen molar-refractivity contribution in [2.75, 3.05) is 19.1 Å². The fourth-order valence-electron chi connectivity index (χ4n) is 3.31. The van der Waals surface area contributed by atoms with Crippen LogP contribution in [-0.2, 0) is 29.2 Å². The summed E-state index contributed by atoms with van der Waals surface area (Å²) in [7, 11) is 2.46. The number of para-hydroxylation sites is 1. The zero-order chi connectivity index (χ0) is 16.1. The van der Waals surface area contributed by atoms with Gasteiger partial charge in [0.1, 0.15) is 0 Å². The molecular weight excluding hydrogens is 290 g/mol. The van der Waals surface area contributed by atoms with Crippen molar-refractivity contribution in [1.29, 1.82) is 0 Å². The van der Waals surface area contributed by atoms with Gasteiger partial charge in [0, 0.05) is 0 Å². The van der Waals surface area contributed by atoms with Crippen molar-refractivity contribution in [2.24, 2.45) is 5.92 Å². The lowest BCUT2D eigenvalue weighted by molar-refractivity contribution is -0.155. The zero-order valence-electron chi connectivity index (χ0n) is 12.4. The molecule has 0 unspecified atom stereocenters. The monoisotopic (exact) mass is 305 g/mol. The van der Waals surface area contributed by atoms with Crippen LogP contribution < -0.4 is 4.90 Å². The van der Waals surface area contributed by atoms with Crippen LogP contribution in [0.4, 0.5) is 10.5 Å². The summed E-state index contributed by atoms with van der Waals surface area (Å²) in [5.74, 6) is -2.52. The first-order valence-corrected chi connectivity index (χ1v) is 6.71. The number of nitrogens with zero attached hydrogens (tertiary/aromatic N) is 1. The Kier molecular flexibility index (Phi) is 3.09. The Hall–Kier alpha value is -2.57. The van der Waals surface area contributed by atoms with Crippen molar-refractivity contribution in [3.63, 3.8) is 0 Å². The molecule has 0 saturated carbocycles. The number of methoxy groups -OCH3 is 2. The number of amides is 1. The van der Waals surface area contributed by atoms with E-state index < -0.39 is 35.6 Å². The lowest BCUT2D eigenvalue weighted by atomic mass is 9.73. The highest BCUT2D eigenvalue weighted by Crippen LogP contribution is 2.54. The maximum atomic E-state index is 12.2. The van der Waals surface area contributed by atoms with Gasteiger partial charge in [0.2, 0.25) is 0 Å². The Morgan fingerprint density at radius 2 is 1.91 bits per heavy atom. The van der Waals surface area contributed by atoms with Gasteiger partial charge in [-0.3, -0.25) is 9.59 Å². The maximum Gasteiger partial charge on any atom is 0.417 e.